The lowest BCUT2D eigenvalue weighted by Crippen LogP contribution is -2.09. The number of halogens is 5. The number of alkyl halides is 3. The molecule has 0 aliphatic heterocycles. The van der Waals surface area contributed by atoms with Crippen molar-refractivity contribution in [3.05, 3.63) is 64.2 Å². The van der Waals surface area contributed by atoms with Crippen LogP contribution < -0.4 is 0 Å². The zero-order chi connectivity index (χ0) is 15.6. The van der Waals surface area contributed by atoms with E-state index in [1.54, 1.807) is 0 Å². The van der Waals surface area contributed by atoms with Crippen molar-refractivity contribution in [1.29, 1.82) is 0 Å². The minimum atomic E-state index is -4.49. The third-order valence-corrected chi connectivity index (χ3v) is 3.19. The summed E-state index contributed by atoms with van der Waals surface area (Å²) in [4.78, 5) is 3.57. The van der Waals surface area contributed by atoms with Crippen LogP contribution in [0.25, 0.3) is 0 Å². The van der Waals surface area contributed by atoms with E-state index in [2.05, 4.69) is 4.98 Å². The van der Waals surface area contributed by atoms with E-state index in [-0.39, 0.29) is 22.7 Å². The van der Waals surface area contributed by atoms with Gasteiger partial charge in [0.2, 0.25) is 0 Å². The predicted octanol–water partition coefficient (Wildman–Crippen LogP) is 4.17. The monoisotopic (exact) mass is 319 g/mol. The average molecular weight is 320 g/mol. The van der Waals surface area contributed by atoms with Crippen LogP contribution in [0.15, 0.2) is 36.5 Å². The Morgan fingerprint density at radius 2 is 1.90 bits per heavy atom. The molecule has 1 atom stereocenters. The minimum absolute atomic E-state index is 0.0300. The summed E-state index contributed by atoms with van der Waals surface area (Å²) in [7, 11) is 0. The fourth-order valence-corrected chi connectivity index (χ4v) is 1.98. The Balaban J connectivity index is 2.17. The zero-order valence-electron chi connectivity index (χ0n) is 10.5. The molecule has 0 saturated carbocycles. The predicted molar refractivity (Wildman–Crippen MR) is 69.3 cm³/mol. The summed E-state index contributed by atoms with van der Waals surface area (Å²) >= 11 is 5.62. The van der Waals surface area contributed by atoms with Gasteiger partial charge in [-0.2, -0.15) is 13.2 Å². The van der Waals surface area contributed by atoms with Crippen LogP contribution in [0.5, 0.6) is 0 Å². The van der Waals surface area contributed by atoms with E-state index in [1.807, 2.05) is 0 Å². The fraction of sp³-hybridized carbons (Fsp3) is 0.214. The quantitative estimate of drug-likeness (QED) is 0.861. The SMILES string of the molecule is OC(Cc1cccc(Cl)c1F)c1ccc(C(F)(F)F)cn1. The molecule has 0 bridgehead atoms. The first-order chi connectivity index (χ1) is 9.79. The van der Waals surface area contributed by atoms with Crippen LogP contribution >= 0.6 is 11.6 Å². The highest BCUT2D eigenvalue weighted by Gasteiger charge is 2.31. The number of hydrogen-bond donors (Lipinski definition) is 1. The van der Waals surface area contributed by atoms with E-state index < -0.39 is 23.7 Å². The number of rotatable bonds is 3. The number of aliphatic hydroxyl groups excluding tert-OH is 1. The second-order valence-electron chi connectivity index (χ2n) is 4.40. The van der Waals surface area contributed by atoms with Gasteiger partial charge in [0.05, 0.1) is 16.3 Å². The van der Waals surface area contributed by atoms with Crippen molar-refractivity contribution in [3.8, 4) is 0 Å². The molecular formula is C14H10ClF4NO. The van der Waals surface area contributed by atoms with Gasteiger partial charge in [0.15, 0.2) is 0 Å². The molecule has 1 N–H and O–H groups in total. The maximum absolute atomic E-state index is 13.7. The van der Waals surface area contributed by atoms with Crippen LogP contribution in [-0.2, 0) is 12.6 Å². The Morgan fingerprint density at radius 1 is 1.19 bits per heavy atom. The molecule has 2 aromatic rings. The van der Waals surface area contributed by atoms with Crippen LogP contribution in [0.4, 0.5) is 17.6 Å². The molecule has 1 aromatic heterocycles. The van der Waals surface area contributed by atoms with Gasteiger partial charge in [-0.05, 0) is 23.8 Å². The number of nitrogens with zero attached hydrogens (tertiary/aromatic N) is 1. The van der Waals surface area contributed by atoms with Gasteiger partial charge in [-0.1, -0.05) is 23.7 Å². The highest BCUT2D eigenvalue weighted by Crippen LogP contribution is 2.29. The van der Waals surface area contributed by atoms with Gasteiger partial charge >= 0.3 is 6.18 Å². The van der Waals surface area contributed by atoms with Crippen molar-refractivity contribution in [1.82, 2.24) is 4.98 Å². The third-order valence-electron chi connectivity index (χ3n) is 2.90. The van der Waals surface area contributed by atoms with Crippen LogP contribution in [0, 0.1) is 5.82 Å². The molecule has 7 heteroatoms. The smallest absolute Gasteiger partial charge is 0.386 e. The maximum Gasteiger partial charge on any atom is 0.417 e. The van der Waals surface area contributed by atoms with Crippen molar-refractivity contribution in [2.24, 2.45) is 0 Å². The highest BCUT2D eigenvalue weighted by molar-refractivity contribution is 6.30. The molecule has 1 aromatic carbocycles. The highest BCUT2D eigenvalue weighted by atomic mass is 35.5. The van der Waals surface area contributed by atoms with Crippen molar-refractivity contribution in [3.63, 3.8) is 0 Å². The lowest BCUT2D eigenvalue weighted by molar-refractivity contribution is -0.137. The Morgan fingerprint density at radius 3 is 2.48 bits per heavy atom. The lowest BCUT2D eigenvalue weighted by Gasteiger charge is -2.12. The number of aliphatic hydroxyl groups is 1. The summed E-state index contributed by atoms with van der Waals surface area (Å²) in [6.45, 7) is 0. The van der Waals surface area contributed by atoms with E-state index in [1.165, 1.54) is 18.2 Å². The molecule has 0 spiro atoms. The summed E-state index contributed by atoms with van der Waals surface area (Å²) in [6.07, 6.45) is -5.21. The molecule has 21 heavy (non-hydrogen) atoms. The molecule has 2 nitrogen and oxygen atoms in total. The van der Waals surface area contributed by atoms with Crippen molar-refractivity contribution in [2.75, 3.05) is 0 Å². The second kappa shape index (κ2) is 5.99. The summed E-state index contributed by atoms with van der Waals surface area (Å²) < 4.78 is 50.9. The molecule has 0 radical (unpaired) electrons. The van der Waals surface area contributed by atoms with Crippen LogP contribution in [0.3, 0.4) is 0 Å². The topological polar surface area (TPSA) is 33.1 Å². The molecule has 0 aliphatic carbocycles. The number of hydrogen-bond acceptors (Lipinski definition) is 2. The largest absolute Gasteiger partial charge is 0.417 e. The number of benzene rings is 1. The van der Waals surface area contributed by atoms with Crippen LogP contribution in [-0.4, -0.2) is 10.1 Å². The number of aromatic nitrogens is 1. The molecule has 1 heterocycles. The summed E-state index contributed by atoms with van der Waals surface area (Å²) in [6, 6.07) is 6.21. The summed E-state index contributed by atoms with van der Waals surface area (Å²) in [5.74, 6) is -0.662. The standard InChI is InChI=1S/C14H10ClF4NO/c15-10-3-1-2-8(13(10)16)6-12(21)11-5-4-9(7-20-11)14(17,18)19/h1-5,7,12,21H,6H2. The van der Waals surface area contributed by atoms with Gasteiger partial charge < -0.3 is 5.11 Å². The molecule has 0 aliphatic rings. The van der Waals surface area contributed by atoms with E-state index in [0.29, 0.717) is 6.20 Å². The molecule has 112 valence electrons. The maximum atomic E-state index is 13.7. The van der Waals surface area contributed by atoms with Crippen molar-refractivity contribution >= 4 is 11.6 Å². The van der Waals surface area contributed by atoms with E-state index in [0.717, 1.165) is 12.1 Å². The Bertz CT molecular complexity index is 628. The average Bonchev–Trinajstić information content (AvgIpc) is 2.43. The third kappa shape index (κ3) is 3.71. The van der Waals surface area contributed by atoms with Gasteiger partial charge in [0.1, 0.15) is 11.9 Å². The molecule has 0 fully saturated rings. The van der Waals surface area contributed by atoms with Gasteiger partial charge in [0.25, 0.3) is 0 Å². The minimum Gasteiger partial charge on any atom is -0.386 e. The zero-order valence-corrected chi connectivity index (χ0v) is 11.3. The summed E-state index contributed by atoms with van der Waals surface area (Å²) in [5.41, 5.74) is -0.716. The van der Waals surface area contributed by atoms with Crippen molar-refractivity contribution < 1.29 is 22.7 Å². The van der Waals surface area contributed by atoms with E-state index in [4.69, 9.17) is 11.6 Å². The Hall–Kier alpha value is -1.66. The fourth-order valence-electron chi connectivity index (χ4n) is 1.79. The van der Waals surface area contributed by atoms with Crippen LogP contribution in [0.1, 0.15) is 22.9 Å². The molecule has 0 amide bonds. The van der Waals surface area contributed by atoms with Gasteiger partial charge in [0, 0.05) is 12.6 Å². The van der Waals surface area contributed by atoms with E-state index >= 15 is 0 Å². The normalized spacial score (nSPS) is 13.2. The second-order valence-corrected chi connectivity index (χ2v) is 4.81. The molecule has 2 rings (SSSR count). The Labute approximate surface area is 123 Å². The van der Waals surface area contributed by atoms with E-state index in [9.17, 15) is 22.7 Å². The number of pyridine rings is 1. The van der Waals surface area contributed by atoms with Gasteiger partial charge in [-0.25, -0.2) is 4.39 Å². The molecular weight excluding hydrogens is 310 g/mol. The van der Waals surface area contributed by atoms with Gasteiger partial charge in [-0.15, -0.1) is 0 Å². The van der Waals surface area contributed by atoms with Crippen LogP contribution in [0.2, 0.25) is 5.02 Å². The molecule has 1 unspecified atom stereocenters. The lowest BCUT2D eigenvalue weighted by atomic mass is 10.0. The summed E-state index contributed by atoms with van der Waals surface area (Å²) in [5, 5.41) is 9.85. The first-order valence-electron chi connectivity index (χ1n) is 5.93. The van der Waals surface area contributed by atoms with Gasteiger partial charge in [-0.3, -0.25) is 4.98 Å². The Kier molecular flexibility index (Phi) is 4.49. The molecule has 0 saturated heterocycles. The first-order valence-corrected chi connectivity index (χ1v) is 6.31. The van der Waals surface area contributed by atoms with Crippen molar-refractivity contribution in [2.45, 2.75) is 18.7 Å². The first kappa shape index (κ1) is 15.7.